The van der Waals surface area contributed by atoms with E-state index in [4.69, 9.17) is 0 Å². The SMILES string of the molecule is CCCCCCCCCCCCNc1ccc(C#Cc2cccc3c(CCCCCCCCCCCC)c4ccccc4cc23)ccc1=O. The summed E-state index contributed by atoms with van der Waals surface area (Å²) in [5, 5.41) is 8.58. The van der Waals surface area contributed by atoms with E-state index >= 15 is 0 Å². The highest BCUT2D eigenvalue weighted by molar-refractivity contribution is 6.04. The van der Waals surface area contributed by atoms with Crippen molar-refractivity contribution in [3.63, 3.8) is 0 Å². The van der Waals surface area contributed by atoms with Crippen LogP contribution in [-0.2, 0) is 6.42 Å². The number of hydrogen-bond donors (Lipinski definition) is 1. The van der Waals surface area contributed by atoms with Crippen LogP contribution in [0.4, 0.5) is 5.69 Å². The molecule has 0 atom stereocenters. The van der Waals surface area contributed by atoms with Gasteiger partial charge in [0, 0.05) is 17.7 Å². The second-order valence-electron chi connectivity index (χ2n) is 14.2. The summed E-state index contributed by atoms with van der Waals surface area (Å²) in [6, 6.07) is 25.1. The molecule has 262 valence electrons. The number of unbranched alkanes of at least 4 members (excludes halogenated alkanes) is 18. The summed E-state index contributed by atoms with van der Waals surface area (Å²) >= 11 is 0. The summed E-state index contributed by atoms with van der Waals surface area (Å²) in [7, 11) is 0. The van der Waals surface area contributed by atoms with E-state index in [9.17, 15) is 4.79 Å². The van der Waals surface area contributed by atoms with Crippen LogP contribution in [0.25, 0.3) is 21.5 Å². The van der Waals surface area contributed by atoms with E-state index in [-0.39, 0.29) is 5.43 Å². The van der Waals surface area contributed by atoms with E-state index < -0.39 is 0 Å². The molecule has 1 N–H and O–H groups in total. The lowest BCUT2D eigenvalue weighted by molar-refractivity contribution is 0.557. The Bertz CT molecular complexity index is 1660. The fourth-order valence-electron chi connectivity index (χ4n) is 7.12. The van der Waals surface area contributed by atoms with E-state index in [2.05, 4.69) is 79.5 Å². The van der Waals surface area contributed by atoms with Gasteiger partial charge in [0.15, 0.2) is 0 Å². The third-order valence-electron chi connectivity index (χ3n) is 10.1. The van der Waals surface area contributed by atoms with Crippen LogP contribution >= 0.6 is 0 Å². The smallest absolute Gasteiger partial charge is 0.201 e. The number of aryl methyl sites for hydroxylation is 1. The second-order valence-corrected chi connectivity index (χ2v) is 14.2. The van der Waals surface area contributed by atoms with Crippen molar-refractivity contribution in [1.29, 1.82) is 0 Å². The van der Waals surface area contributed by atoms with E-state index in [0.29, 0.717) is 5.69 Å². The van der Waals surface area contributed by atoms with E-state index in [0.717, 1.165) is 30.5 Å². The number of benzene rings is 3. The first-order valence-electron chi connectivity index (χ1n) is 20.0. The Balaban J connectivity index is 1.35. The van der Waals surface area contributed by atoms with Gasteiger partial charge in [-0.2, -0.15) is 0 Å². The molecule has 0 fully saturated rings. The van der Waals surface area contributed by atoms with Crippen LogP contribution in [0.3, 0.4) is 0 Å². The molecule has 0 unspecified atom stereocenters. The maximum absolute atomic E-state index is 12.8. The van der Waals surface area contributed by atoms with Gasteiger partial charge in [-0.05, 0) is 82.8 Å². The van der Waals surface area contributed by atoms with Gasteiger partial charge < -0.3 is 5.32 Å². The van der Waals surface area contributed by atoms with Crippen molar-refractivity contribution in [3.05, 3.63) is 99.7 Å². The number of nitrogens with one attached hydrogen (secondary N) is 1. The van der Waals surface area contributed by atoms with Gasteiger partial charge in [0.25, 0.3) is 0 Å². The predicted molar refractivity (Wildman–Crippen MR) is 216 cm³/mol. The summed E-state index contributed by atoms with van der Waals surface area (Å²) in [6.45, 7) is 5.40. The molecule has 0 bridgehead atoms. The van der Waals surface area contributed by atoms with Crippen LogP contribution in [0.5, 0.6) is 0 Å². The van der Waals surface area contributed by atoms with E-state index in [1.165, 1.54) is 149 Å². The number of rotatable bonds is 23. The van der Waals surface area contributed by atoms with Gasteiger partial charge in [-0.15, -0.1) is 0 Å². The minimum atomic E-state index is 0.0216. The van der Waals surface area contributed by atoms with E-state index in [1.807, 2.05) is 18.2 Å². The molecule has 0 aliphatic rings. The standard InChI is InChI=1S/C47H63NO/c1-3-5-7-9-11-13-15-17-19-21-29-43-42-28-23-22-26-41(42)38-45-40(27-25-30-44(43)45)34-31-39-32-35-46(47(49)36-33-39)48-37-24-20-18-16-14-12-10-8-6-4-2/h22-23,25-28,30,32-33,35-36,38H,3-21,24,29,37H2,1-2H3,(H,48,49). The van der Waals surface area contributed by atoms with Crippen LogP contribution in [-0.4, -0.2) is 6.54 Å². The molecule has 0 aromatic heterocycles. The molecule has 0 amide bonds. The highest BCUT2D eigenvalue weighted by Gasteiger charge is 2.10. The Kier molecular flexibility index (Phi) is 17.9. The summed E-state index contributed by atoms with van der Waals surface area (Å²) in [5.74, 6) is 6.85. The molecule has 2 nitrogen and oxygen atoms in total. The maximum Gasteiger partial charge on any atom is 0.201 e. The normalized spacial score (nSPS) is 11.1. The number of hydrogen-bond acceptors (Lipinski definition) is 2. The molecule has 49 heavy (non-hydrogen) atoms. The lowest BCUT2D eigenvalue weighted by Gasteiger charge is -2.13. The summed E-state index contributed by atoms with van der Waals surface area (Å²) in [5.41, 5.74) is 4.04. The summed E-state index contributed by atoms with van der Waals surface area (Å²) in [6.07, 6.45) is 27.7. The Morgan fingerprint density at radius 1 is 0.510 bits per heavy atom. The number of anilines is 1. The molecule has 4 aromatic carbocycles. The fourth-order valence-corrected chi connectivity index (χ4v) is 7.12. The molecule has 0 saturated carbocycles. The van der Waals surface area contributed by atoms with Gasteiger partial charge in [-0.25, -0.2) is 0 Å². The summed E-state index contributed by atoms with van der Waals surface area (Å²) in [4.78, 5) is 12.8. The fraction of sp³-hybridized carbons (Fsp3) is 0.511. The van der Waals surface area contributed by atoms with Crippen molar-refractivity contribution < 1.29 is 0 Å². The molecule has 0 saturated heterocycles. The average Bonchev–Trinajstić information content (AvgIpc) is 3.30. The lowest BCUT2D eigenvalue weighted by Crippen LogP contribution is -2.09. The van der Waals surface area contributed by atoms with Crippen LogP contribution < -0.4 is 10.7 Å². The van der Waals surface area contributed by atoms with Gasteiger partial charge in [-0.1, -0.05) is 178 Å². The zero-order chi connectivity index (χ0) is 34.4. The van der Waals surface area contributed by atoms with Gasteiger partial charge in [0.1, 0.15) is 0 Å². The summed E-state index contributed by atoms with van der Waals surface area (Å²) < 4.78 is 0. The monoisotopic (exact) mass is 657 g/mol. The zero-order valence-electron chi connectivity index (χ0n) is 30.9. The van der Waals surface area contributed by atoms with Crippen molar-refractivity contribution in [3.8, 4) is 11.8 Å². The quantitative estimate of drug-likeness (QED) is 0.0488. The zero-order valence-corrected chi connectivity index (χ0v) is 30.9. The van der Waals surface area contributed by atoms with Gasteiger partial charge >= 0.3 is 0 Å². The van der Waals surface area contributed by atoms with Crippen LogP contribution in [0.1, 0.15) is 159 Å². The molecular weight excluding hydrogens is 595 g/mol. The molecule has 4 aromatic rings. The van der Waals surface area contributed by atoms with Gasteiger partial charge in [-0.3, -0.25) is 4.79 Å². The highest BCUT2D eigenvalue weighted by Crippen LogP contribution is 2.32. The van der Waals surface area contributed by atoms with Gasteiger partial charge in [0.2, 0.25) is 5.43 Å². The third-order valence-corrected chi connectivity index (χ3v) is 10.1. The highest BCUT2D eigenvalue weighted by atomic mass is 16.1. The lowest BCUT2D eigenvalue weighted by atomic mass is 9.91. The Morgan fingerprint density at radius 3 is 1.76 bits per heavy atom. The number of fused-ring (bicyclic) bond motifs is 2. The Labute approximate surface area is 298 Å². The van der Waals surface area contributed by atoms with Crippen molar-refractivity contribution in [2.24, 2.45) is 0 Å². The molecular formula is C47H63NO. The second kappa shape index (κ2) is 22.9. The van der Waals surface area contributed by atoms with Gasteiger partial charge in [0.05, 0.1) is 5.69 Å². The molecule has 0 heterocycles. The van der Waals surface area contributed by atoms with Crippen molar-refractivity contribution in [1.82, 2.24) is 0 Å². The van der Waals surface area contributed by atoms with Crippen LogP contribution in [0, 0.1) is 11.8 Å². The first-order chi connectivity index (χ1) is 24.2. The van der Waals surface area contributed by atoms with Crippen molar-refractivity contribution in [2.45, 2.75) is 149 Å². The molecule has 2 heteroatoms. The molecule has 0 aliphatic carbocycles. The molecule has 0 spiro atoms. The molecule has 0 aliphatic heterocycles. The predicted octanol–water partition coefficient (Wildman–Crippen LogP) is 13.5. The largest absolute Gasteiger partial charge is 0.382 e. The average molecular weight is 658 g/mol. The van der Waals surface area contributed by atoms with Crippen LogP contribution in [0.15, 0.2) is 77.6 Å². The molecule has 0 radical (unpaired) electrons. The van der Waals surface area contributed by atoms with Crippen molar-refractivity contribution in [2.75, 3.05) is 11.9 Å². The van der Waals surface area contributed by atoms with E-state index in [1.54, 1.807) is 6.07 Å². The van der Waals surface area contributed by atoms with Crippen LogP contribution in [0.2, 0.25) is 0 Å². The Hall–Kier alpha value is -3.57. The third kappa shape index (κ3) is 13.3. The first kappa shape index (κ1) is 38.2. The molecule has 4 rings (SSSR count). The maximum atomic E-state index is 12.8. The van der Waals surface area contributed by atoms with Crippen molar-refractivity contribution >= 4 is 27.2 Å². The minimum absolute atomic E-state index is 0.0216. The topological polar surface area (TPSA) is 29.1 Å². The first-order valence-corrected chi connectivity index (χ1v) is 20.0. The Morgan fingerprint density at radius 2 is 1.08 bits per heavy atom. The minimum Gasteiger partial charge on any atom is -0.382 e.